The van der Waals surface area contributed by atoms with Gasteiger partial charge in [-0.15, -0.1) is 0 Å². The van der Waals surface area contributed by atoms with Crippen LogP contribution in [0.25, 0.3) is 5.70 Å². The first-order valence-electron chi connectivity index (χ1n) is 12.9. The molecule has 3 aromatic carbocycles. The molecule has 1 fully saturated rings. The van der Waals surface area contributed by atoms with Crippen LogP contribution in [-0.2, 0) is 11.3 Å². The molecule has 0 unspecified atom stereocenters. The number of ketones is 1. The van der Waals surface area contributed by atoms with Gasteiger partial charge in [-0.25, -0.2) is 4.99 Å². The zero-order valence-electron chi connectivity index (χ0n) is 22.8. The summed E-state index contributed by atoms with van der Waals surface area (Å²) in [4.78, 5) is 36.5. The molecule has 1 saturated heterocycles. The Kier molecular flexibility index (Phi) is 8.04. The second-order valence-corrected chi connectivity index (χ2v) is 11.6. The number of phenolic OH excluding ortho intramolecular Hbond substituents is 1. The number of nitrogens with zero attached hydrogens (tertiary/aromatic N) is 3. The van der Waals surface area contributed by atoms with Gasteiger partial charge in [-0.2, -0.15) is 0 Å². The third-order valence-electron chi connectivity index (χ3n) is 6.57. The van der Waals surface area contributed by atoms with Crippen LogP contribution in [0.1, 0.15) is 42.3 Å². The van der Waals surface area contributed by atoms with Crippen molar-refractivity contribution in [2.45, 2.75) is 27.3 Å². The lowest BCUT2D eigenvalue weighted by Gasteiger charge is -2.19. The van der Waals surface area contributed by atoms with E-state index >= 15 is 0 Å². The molecule has 1 amide bonds. The van der Waals surface area contributed by atoms with Crippen LogP contribution < -0.4 is 5.32 Å². The number of amides is 1. The van der Waals surface area contributed by atoms with Gasteiger partial charge < -0.3 is 15.3 Å². The summed E-state index contributed by atoms with van der Waals surface area (Å²) in [5.74, 6) is 0.0182. The van der Waals surface area contributed by atoms with Crippen molar-refractivity contribution in [2.24, 2.45) is 4.99 Å². The smallest absolute Gasteiger partial charge is 0.269 e. The maximum absolute atomic E-state index is 14.0. The highest BCUT2D eigenvalue weighted by atomic mass is 32.2. The molecule has 0 radical (unpaired) electrons. The van der Waals surface area contributed by atoms with Crippen molar-refractivity contribution in [1.29, 1.82) is 0 Å². The fraction of sp³-hybridized carbons (Fsp3) is 0.194. The first-order valence-corrected chi connectivity index (χ1v) is 14.6. The third-order valence-corrected chi connectivity index (χ3v) is 8.94. The standard InChI is InChI=1S/C31H30N4O3S2/c1-5-32-25-15-14-22(19(2)36)17-26(25)33-31-35(18-21-10-7-6-8-11-21)29(38)28(40-31)30-34(4)27(20(3)39-30)23-12-9-13-24(37)16-23/h6-17,32,37H,5,18H2,1-4H3. The molecule has 0 atom stereocenters. The number of Topliss-reactive ketones (excluding diaryl/α,β-unsaturated/α-hetero) is 1. The summed E-state index contributed by atoms with van der Waals surface area (Å²) < 4.78 is 0. The summed E-state index contributed by atoms with van der Waals surface area (Å²) in [7, 11) is 1.94. The molecular weight excluding hydrogens is 541 g/mol. The quantitative estimate of drug-likeness (QED) is 0.233. The predicted octanol–water partition coefficient (Wildman–Crippen LogP) is 7.03. The Morgan fingerprint density at radius 2 is 1.80 bits per heavy atom. The van der Waals surface area contributed by atoms with Crippen LogP contribution in [0.4, 0.5) is 11.4 Å². The van der Waals surface area contributed by atoms with Crippen LogP contribution >= 0.6 is 23.5 Å². The number of hydrogen-bond acceptors (Lipinski definition) is 8. The lowest BCUT2D eigenvalue weighted by molar-refractivity contribution is -0.122. The van der Waals surface area contributed by atoms with Crippen molar-refractivity contribution in [3.63, 3.8) is 0 Å². The maximum Gasteiger partial charge on any atom is 0.269 e. The molecule has 3 aromatic rings. The van der Waals surface area contributed by atoms with Crippen molar-refractivity contribution >= 4 is 57.5 Å². The number of thioether (sulfide) groups is 2. The van der Waals surface area contributed by atoms with Crippen LogP contribution in [-0.4, -0.2) is 45.4 Å². The minimum Gasteiger partial charge on any atom is -0.508 e. The minimum atomic E-state index is -0.125. The SMILES string of the molecule is CCNc1ccc(C(C)=O)cc1N=C1SC(=C2SC(C)=C(c3cccc(O)c3)N2C)C(=O)N1Cc1ccccc1. The minimum absolute atomic E-state index is 0.0476. The van der Waals surface area contributed by atoms with E-state index in [0.29, 0.717) is 34.4 Å². The van der Waals surface area contributed by atoms with Gasteiger partial charge in [0.1, 0.15) is 10.7 Å². The molecule has 0 aromatic heterocycles. The Balaban J connectivity index is 1.59. The molecule has 9 heteroatoms. The molecular formula is C31H30N4O3S2. The number of benzene rings is 3. The van der Waals surface area contributed by atoms with Gasteiger partial charge in [0.05, 0.1) is 28.6 Å². The summed E-state index contributed by atoms with van der Waals surface area (Å²) in [6.07, 6.45) is 0. The number of hydrogen-bond donors (Lipinski definition) is 2. The van der Waals surface area contributed by atoms with E-state index in [1.807, 2.05) is 74.3 Å². The van der Waals surface area contributed by atoms with E-state index in [9.17, 15) is 14.7 Å². The lowest BCUT2D eigenvalue weighted by atomic mass is 10.1. The number of aliphatic imine (C=N–C) groups is 1. The third kappa shape index (κ3) is 5.52. The molecule has 0 spiro atoms. The highest BCUT2D eigenvalue weighted by Crippen LogP contribution is 2.50. The zero-order valence-corrected chi connectivity index (χ0v) is 24.4. The summed E-state index contributed by atoms with van der Waals surface area (Å²) >= 11 is 2.88. The van der Waals surface area contributed by atoms with E-state index < -0.39 is 0 Å². The van der Waals surface area contributed by atoms with Gasteiger partial charge in [0, 0.05) is 29.6 Å². The van der Waals surface area contributed by atoms with Crippen LogP contribution in [0.2, 0.25) is 0 Å². The lowest BCUT2D eigenvalue weighted by Crippen LogP contribution is -2.29. The molecule has 2 aliphatic rings. The van der Waals surface area contributed by atoms with Crippen molar-refractivity contribution in [3.05, 3.63) is 104 Å². The van der Waals surface area contributed by atoms with Crippen LogP contribution in [0.5, 0.6) is 5.75 Å². The van der Waals surface area contributed by atoms with Gasteiger partial charge in [-0.3, -0.25) is 14.5 Å². The molecule has 0 aliphatic carbocycles. The van der Waals surface area contributed by atoms with E-state index in [0.717, 1.165) is 32.4 Å². The Morgan fingerprint density at radius 3 is 2.50 bits per heavy atom. The number of aromatic hydroxyl groups is 1. The van der Waals surface area contributed by atoms with Gasteiger partial charge in [-0.05, 0) is 68.4 Å². The predicted molar refractivity (Wildman–Crippen MR) is 165 cm³/mol. The van der Waals surface area contributed by atoms with Crippen molar-refractivity contribution in [2.75, 3.05) is 18.9 Å². The zero-order chi connectivity index (χ0) is 28.4. The molecule has 2 heterocycles. The molecule has 2 N–H and O–H groups in total. The van der Waals surface area contributed by atoms with E-state index in [1.54, 1.807) is 40.9 Å². The van der Waals surface area contributed by atoms with Crippen LogP contribution in [0, 0.1) is 0 Å². The number of rotatable bonds is 7. The molecule has 5 rings (SSSR count). The Morgan fingerprint density at radius 1 is 1.02 bits per heavy atom. The average molecular weight is 571 g/mol. The number of allylic oxidation sites excluding steroid dienone is 1. The van der Waals surface area contributed by atoms with Crippen molar-refractivity contribution in [1.82, 2.24) is 9.80 Å². The normalized spacial score (nSPS) is 18.3. The van der Waals surface area contributed by atoms with E-state index in [2.05, 4.69) is 5.32 Å². The largest absolute Gasteiger partial charge is 0.508 e. The first kappa shape index (κ1) is 27.6. The first-order chi connectivity index (χ1) is 19.3. The highest BCUT2D eigenvalue weighted by Gasteiger charge is 2.39. The van der Waals surface area contributed by atoms with Gasteiger partial charge in [0.2, 0.25) is 0 Å². The Labute approximate surface area is 242 Å². The summed E-state index contributed by atoms with van der Waals surface area (Å²) in [5.41, 5.74) is 4.78. The Bertz CT molecular complexity index is 1580. The van der Waals surface area contributed by atoms with Gasteiger partial charge in [0.15, 0.2) is 11.0 Å². The van der Waals surface area contributed by atoms with Crippen LogP contribution in [0.15, 0.2) is 92.6 Å². The average Bonchev–Trinajstić information content (AvgIpc) is 3.39. The number of carbonyl (C=O) groups is 2. The van der Waals surface area contributed by atoms with Crippen molar-refractivity contribution in [3.8, 4) is 5.75 Å². The van der Waals surface area contributed by atoms with E-state index in [-0.39, 0.29) is 17.4 Å². The fourth-order valence-corrected chi connectivity index (χ4v) is 6.96. The van der Waals surface area contributed by atoms with Gasteiger partial charge >= 0.3 is 0 Å². The monoisotopic (exact) mass is 570 g/mol. The second-order valence-electron chi connectivity index (χ2n) is 9.44. The molecule has 7 nitrogen and oxygen atoms in total. The number of carbonyl (C=O) groups excluding carboxylic acids is 2. The highest BCUT2D eigenvalue weighted by molar-refractivity contribution is 8.19. The van der Waals surface area contributed by atoms with E-state index in [1.165, 1.54) is 18.7 Å². The molecule has 0 bridgehead atoms. The number of phenols is 1. The molecule has 2 aliphatic heterocycles. The summed E-state index contributed by atoms with van der Waals surface area (Å²) in [5, 5.41) is 14.7. The summed E-state index contributed by atoms with van der Waals surface area (Å²) in [6, 6.07) is 22.4. The second kappa shape index (κ2) is 11.7. The molecule has 204 valence electrons. The Hall–Kier alpha value is -3.95. The van der Waals surface area contributed by atoms with Gasteiger partial charge in [-0.1, -0.05) is 54.2 Å². The van der Waals surface area contributed by atoms with Crippen LogP contribution in [0.3, 0.4) is 0 Å². The topological polar surface area (TPSA) is 85.2 Å². The molecule has 40 heavy (non-hydrogen) atoms. The number of anilines is 1. The number of nitrogens with one attached hydrogen (secondary N) is 1. The van der Waals surface area contributed by atoms with E-state index in [4.69, 9.17) is 4.99 Å². The summed E-state index contributed by atoms with van der Waals surface area (Å²) in [6.45, 7) is 6.61. The maximum atomic E-state index is 14.0. The number of amidine groups is 1. The molecule has 0 saturated carbocycles. The van der Waals surface area contributed by atoms with Crippen molar-refractivity contribution < 1.29 is 14.7 Å². The fourth-order valence-electron chi connectivity index (χ4n) is 4.66. The van der Waals surface area contributed by atoms with Gasteiger partial charge in [0.25, 0.3) is 5.91 Å².